The van der Waals surface area contributed by atoms with Gasteiger partial charge in [-0.3, -0.25) is 4.98 Å². The zero-order valence-electron chi connectivity index (χ0n) is 14.0. The van der Waals surface area contributed by atoms with Crippen LogP contribution in [-0.4, -0.2) is 38.3 Å². The van der Waals surface area contributed by atoms with E-state index in [0.717, 1.165) is 18.4 Å². The molecule has 1 aliphatic carbocycles. The quantitative estimate of drug-likeness (QED) is 0.797. The van der Waals surface area contributed by atoms with Crippen molar-refractivity contribution in [3.05, 3.63) is 54.4 Å². The van der Waals surface area contributed by atoms with Crippen LogP contribution in [0.2, 0.25) is 0 Å². The molecular formula is C19H23N3O3. The molecule has 2 amide bonds. The van der Waals surface area contributed by atoms with Gasteiger partial charge in [0.25, 0.3) is 0 Å². The van der Waals surface area contributed by atoms with Gasteiger partial charge < -0.3 is 20.4 Å². The number of carbonyl (C=O) groups excluding carboxylic acids is 1. The molecule has 0 bridgehead atoms. The zero-order chi connectivity index (χ0) is 17.6. The van der Waals surface area contributed by atoms with Gasteiger partial charge in [-0.1, -0.05) is 12.1 Å². The Labute approximate surface area is 147 Å². The largest absolute Gasteiger partial charge is 0.508 e. The third-order valence-corrected chi connectivity index (χ3v) is 4.56. The van der Waals surface area contributed by atoms with Crippen molar-refractivity contribution >= 4 is 11.7 Å². The molecule has 0 spiro atoms. The summed E-state index contributed by atoms with van der Waals surface area (Å²) in [7, 11) is 0. The van der Waals surface area contributed by atoms with Gasteiger partial charge in [0.05, 0.1) is 6.10 Å². The van der Waals surface area contributed by atoms with Crippen LogP contribution in [0.25, 0.3) is 0 Å². The van der Waals surface area contributed by atoms with E-state index in [1.807, 2.05) is 6.07 Å². The lowest BCUT2D eigenvalue weighted by Crippen LogP contribution is -2.44. The lowest BCUT2D eigenvalue weighted by molar-refractivity contribution is 0.0849. The third kappa shape index (κ3) is 4.70. The lowest BCUT2D eigenvalue weighted by atomic mass is 9.92. The second kappa shape index (κ2) is 7.98. The number of urea groups is 1. The number of phenols is 1. The van der Waals surface area contributed by atoms with Crippen LogP contribution in [0.4, 0.5) is 10.5 Å². The zero-order valence-corrected chi connectivity index (χ0v) is 14.0. The van der Waals surface area contributed by atoms with E-state index in [1.165, 1.54) is 0 Å². The van der Waals surface area contributed by atoms with Crippen LogP contribution in [0.3, 0.4) is 0 Å². The molecule has 6 nitrogen and oxygen atoms in total. The highest BCUT2D eigenvalue weighted by molar-refractivity contribution is 5.89. The minimum Gasteiger partial charge on any atom is -0.508 e. The number of pyridine rings is 1. The molecule has 6 heteroatoms. The topological polar surface area (TPSA) is 85.7 Å². The maximum atomic E-state index is 12.9. The van der Waals surface area contributed by atoms with Gasteiger partial charge in [-0.05, 0) is 55.5 Å². The Morgan fingerprint density at radius 1 is 1.16 bits per heavy atom. The average molecular weight is 341 g/mol. The summed E-state index contributed by atoms with van der Waals surface area (Å²) in [6.45, 7) is 0.409. The standard InChI is InChI=1S/C19H23N3O3/c23-17-6-4-16(5-7-17)22(13-14-2-1-3-18(24)12-14)19(25)21-15-8-10-20-11-9-15/h1-3,8-12,16-17,23-24H,4-7,13H2,(H,20,21,25). The molecule has 3 rings (SSSR count). The number of aliphatic hydroxyl groups is 1. The molecule has 1 fully saturated rings. The minimum absolute atomic E-state index is 0.0626. The highest BCUT2D eigenvalue weighted by Crippen LogP contribution is 2.26. The molecule has 1 aromatic heterocycles. The predicted octanol–water partition coefficient (Wildman–Crippen LogP) is 3.12. The Bertz CT molecular complexity index is 700. The van der Waals surface area contributed by atoms with Crippen LogP contribution in [0.1, 0.15) is 31.2 Å². The first-order valence-electron chi connectivity index (χ1n) is 8.55. The highest BCUT2D eigenvalue weighted by atomic mass is 16.3. The molecule has 132 valence electrons. The van der Waals surface area contributed by atoms with Gasteiger partial charge >= 0.3 is 6.03 Å². The number of rotatable bonds is 4. The molecule has 1 heterocycles. The first-order valence-corrected chi connectivity index (χ1v) is 8.55. The normalized spacial score (nSPS) is 20.0. The molecule has 25 heavy (non-hydrogen) atoms. The van der Waals surface area contributed by atoms with Gasteiger partial charge in [0, 0.05) is 30.7 Å². The van der Waals surface area contributed by atoms with Gasteiger partial charge in [0.2, 0.25) is 0 Å². The average Bonchev–Trinajstić information content (AvgIpc) is 2.61. The van der Waals surface area contributed by atoms with Crippen molar-refractivity contribution in [3.8, 4) is 5.75 Å². The Morgan fingerprint density at radius 2 is 1.88 bits per heavy atom. The monoisotopic (exact) mass is 341 g/mol. The van der Waals surface area contributed by atoms with E-state index in [9.17, 15) is 15.0 Å². The second-order valence-corrected chi connectivity index (χ2v) is 6.43. The van der Waals surface area contributed by atoms with Crippen LogP contribution >= 0.6 is 0 Å². The number of nitrogens with one attached hydrogen (secondary N) is 1. The number of hydrogen-bond acceptors (Lipinski definition) is 4. The van der Waals surface area contributed by atoms with Gasteiger partial charge in [0.1, 0.15) is 5.75 Å². The van der Waals surface area contributed by atoms with Gasteiger partial charge in [-0.15, -0.1) is 0 Å². The van der Waals surface area contributed by atoms with E-state index in [2.05, 4.69) is 10.3 Å². The summed E-state index contributed by atoms with van der Waals surface area (Å²) in [5.41, 5.74) is 1.56. The number of nitrogens with zero attached hydrogens (tertiary/aromatic N) is 2. The Hall–Kier alpha value is -2.60. The van der Waals surface area contributed by atoms with Crippen molar-refractivity contribution in [1.29, 1.82) is 0 Å². The fourth-order valence-corrected chi connectivity index (χ4v) is 3.22. The summed E-state index contributed by atoms with van der Waals surface area (Å²) in [4.78, 5) is 18.6. The minimum atomic E-state index is -0.276. The van der Waals surface area contributed by atoms with Crippen molar-refractivity contribution in [2.75, 3.05) is 5.32 Å². The Kier molecular flexibility index (Phi) is 5.50. The van der Waals surface area contributed by atoms with E-state index in [-0.39, 0.29) is 23.9 Å². The smallest absolute Gasteiger partial charge is 0.322 e. The van der Waals surface area contributed by atoms with Crippen LogP contribution < -0.4 is 5.32 Å². The molecular weight excluding hydrogens is 318 g/mol. The summed E-state index contributed by atoms with van der Waals surface area (Å²) in [6.07, 6.45) is 5.92. The van der Waals surface area contributed by atoms with Crippen molar-refractivity contribution in [1.82, 2.24) is 9.88 Å². The van der Waals surface area contributed by atoms with Crippen molar-refractivity contribution in [3.63, 3.8) is 0 Å². The SMILES string of the molecule is O=C(Nc1ccncc1)N(Cc1cccc(O)c1)C1CCC(O)CC1. The molecule has 0 aliphatic heterocycles. The summed E-state index contributed by atoms with van der Waals surface area (Å²) in [6, 6.07) is 10.3. The number of aromatic hydroxyl groups is 1. The first kappa shape index (κ1) is 17.2. The van der Waals surface area contributed by atoms with Crippen molar-refractivity contribution in [2.45, 2.75) is 44.4 Å². The fourth-order valence-electron chi connectivity index (χ4n) is 3.22. The number of carbonyl (C=O) groups is 1. The van der Waals surface area contributed by atoms with Gasteiger partial charge in [0.15, 0.2) is 0 Å². The van der Waals surface area contributed by atoms with E-state index in [0.29, 0.717) is 25.1 Å². The summed E-state index contributed by atoms with van der Waals surface area (Å²) in [5.74, 6) is 0.186. The maximum absolute atomic E-state index is 12.9. The van der Waals surface area contributed by atoms with E-state index in [1.54, 1.807) is 47.6 Å². The molecule has 0 unspecified atom stereocenters. The lowest BCUT2D eigenvalue weighted by Gasteiger charge is -2.36. The number of amides is 2. The number of hydrogen-bond donors (Lipinski definition) is 3. The first-order chi connectivity index (χ1) is 12.1. The molecule has 2 aromatic rings. The number of anilines is 1. The molecule has 0 saturated heterocycles. The van der Waals surface area contributed by atoms with Gasteiger partial charge in [-0.25, -0.2) is 4.79 Å². The van der Waals surface area contributed by atoms with Crippen LogP contribution in [-0.2, 0) is 6.54 Å². The summed E-state index contributed by atoms with van der Waals surface area (Å²) in [5, 5.41) is 22.3. The van der Waals surface area contributed by atoms with Crippen LogP contribution in [0.5, 0.6) is 5.75 Å². The van der Waals surface area contributed by atoms with Crippen LogP contribution in [0.15, 0.2) is 48.8 Å². The molecule has 0 radical (unpaired) electrons. The Balaban J connectivity index is 1.76. The highest BCUT2D eigenvalue weighted by Gasteiger charge is 2.28. The molecule has 1 aromatic carbocycles. The number of aliphatic hydroxyl groups excluding tert-OH is 1. The van der Waals surface area contributed by atoms with Crippen molar-refractivity contribution in [2.24, 2.45) is 0 Å². The molecule has 1 aliphatic rings. The second-order valence-electron chi connectivity index (χ2n) is 6.43. The van der Waals surface area contributed by atoms with Crippen LogP contribution in [0, 0.1) is 0 Å². The molecule has 0 atom stereocenters. The predicted molar refractivity (Wildman–Crippen MR) is 95.2 cm³/mol. The molecule has 3 N–H and O–H groups in total. The number of phenolic OH excluding ortho intramolecular Hbond substituents is 1. The number of aromatic nitrogens is 1. The summed E-state index contributed by atoms with van der Waals surface area (Å²) >= 11 is 0. The fraction of sp³-hybridized carbons (Fsp3) is 0.368. The maximum Gasteiger partial charge on any atom is 0.322 e. The Morgan fingerprint density at radius 3 is 2.56 bits per heavy atom. The van der Waals surface area contributed by atoms with E-state index >= 15 is 0 Å². The third-order valence-electron chi connectivity index (χ3n) is 4.56. The molecule has 1 saturated carbocycles. The van der Waals surface area contributed by atoms with E-state index < -0.39 is 0 Å². The number of benzene rings is 1. The van der Waals surface area contributed by atoms with E-state index in [4.69, 9.17) is 0 Å². The van der Waals surface area contributed by atoms with Gasteiger partial charge in [-0.2, -0.15) is 0 Å². The van der Waals surface area contributed by atoms with Crippen molar-refractivity contribution < 1.29 is 15.0 Å². The summed E-state index contributed by atoms with van der Waals surface area (Å²) < 4.78 is 0.